The quantitative estimate of drug-likeness (QED) is 0.892. The van der Waals surface area contributed by atoms with Gasteiger partial charge in [0.2, 0.25) is 0 Å². The molecule has 1 aromatic heterocycles. The maximum atomic E-state index is 5.89. The van der Waals surface area contributed by atoms with Gasteiger partial charge < -0.3 is 9.73 Å². The fourth-order valence-corrected chi connectivity index (χ4v) is 3.61. The predicted molar refractivity (Wildman–Crippen MR) is 80.7 cm³/mol. The Morgan fingerprint density at radius 2 is 2.10 bits per heavy atom. The SMILES string of the molecule is CNCc1cc(CN2CCC(N3CCCC3)C2)oc1C. The molecule has 4 nitrogen and oxygen atoms in total. The summed E-state index contributed by atoms with van der Waals surface area (Å²) in [6.45, 7) is 8.96. The smallest absolute Gasteiger partial charge is 0.118 e. The van der Waals surface area contributed by atoms with Crippen LogP contribution in [0.2, 0.25) is 0 Å². The van der Waals surface area contributed by atoms with E-state index in [4.69, 9.17) is 4.42 Å². The highest BCUT2D eigenvalue weighted by molar-refractivity contribution is 5.20. The van der Waals surface area contributed by atoms with Crippen molar-refractivity contribution in [3.63, 3.8) is 0 Å². The van der Waals surface area contributed by atoms with Gasteiger partial charge in [-0.25, -0.2) is 0 Å². The topological polar surface area (TPSA) is 31.6 Å². The second-order valence-corrected chi connectivity index (χ2v) is 6.25. The lowest BCUT2D eigenvalue weighted by Crippen LogP contribution is -2.35. The summed E-state index contributed by atoms with van der Waals surface area (Å²) < 4.78 is 5.89. The Labute approximate surface area is 122 Å². The third kappa shape index (κ3) is 3.08. The van der Waals surface area contributed by atoms with Crippen molar-refractivity contribution < 1.29 is 4.42 Å². The van der Waals surface area contributed by atoms with Crippen molar-refractivity contribution in [2.45, 2.75) is 45.3 Å². The highest BCUT2D eigenvalue weighted by Gasteiger charge is 2.29. The second kappa shape index (κ2) is 6.29. The van der Waals surface area contributed by atoms with Gasteiger partial charge in [-0.1, -0.05) is 0 Å². The first-order valence-electron chi connectivity index (χ1n) is 7.95. The predicted octanol–water partition coefficient (Wildman–Crippen LogP) is 1.98. The zero-order valence-corrected chi connectivity index (χ0v) is 12.8. The molecule has 1 aromatic rings. The first-order chi connectivity index (χ1) is 9.76. The van der Waals surface area contributed by atoms with Crippen LogP contribution in [0.5, 0.6) is 0 Å². The van der Waals surface area contributed by atoms with Crippen LogP contribution >= 0.6 is 0 Å². The molecular formula is C16H27N3O. The largest absolute Gasteiger partial charge is 0.465 e. The van der Waals surface area contributed by atoms with Gasteiger partial charge in [0.15, 0.2) is 0 Å². The zero-order chi connectivity index (χ0) is 13.9. The van der Waals surface area contributed by atoms with E-state index >= 15 is 0 Å². The fraction of sp³-hybridized carbons (Fsp3) is 0.750. The lowest BCUT2D eigenvalue weighted by atomic mass is 10.2. The van der Waals surface area contributed by atoms with Crippen LogP contribution in [0.25, 0.3) is 0 Å². The van der Waals surface area contributed by atoms with Crippen molar-refractivity contribution in [3.8, 4) is 0 Å². The van der Waals surface area contributed by atoms with Gasteiger partial charge in [-0.15, -0.1) is 0 Å². The molecule has 1 N–H and O–H groups in total. The van der Waals surface area contributed by atoms with Gasteiger partial charge in [0.05, 0.1) is 6.54 Å². The van der Waals surface area contributed by atoms with E-state index in [0.29, 0.717) is 0 Å². The van der Waals surface area contributed by atoms with E-state index in [9.17, 15) is 0 Å². The minimum Gasteiger partial charge on any atom is -0.465 e. The number of nitrogens with one attached hydrogen (secondary N) is 1. The highest BCUT2D eigenvalue weighted by Crippen LogP contribution is 2.23. The molecule has 2 fully saturated rings. The Hall–Kier alpha value is -0.840. The number of furan rings is 1. The fourth-order valence-electron chi connectivity index (χ4n) is 3.61. The summed E-state index contributed by atoms with van der Waals surface area (Å²) in [7, 11) is 1.98. The molecule has 2 aliphatic heterocycles. The highest BCUT2D eigenvalue weighted by atomic mass is 16.3. The Bertz CT molecular complexity index is 437. The minimum absolute atomic E-state index is 0.783. The van der Waals surface area contributed by atoms with E-state index in [0.717, 1.165) is 30.7 Å². The number of nitrogens with zero attached hydrogens (tertiary/aromatic N) is 2. The lowest BCUT2D eigenvalue weighted by Gasteiger charge is -2.23. The zero-order valence-electron chi connectivity index (χ0n) is 12.8. The van der Waals surface area contributed by atoms with Crippen LogP contribution in [0, 0.1) is 6.92 Å². The van der Waals surface area contributed by atoms with Crippen molar-refractivity contribution in [3.05, 3.63) is 23.2 Å². The van der Waals surface area contributed by atoms with Gasteiger partial charge in [-0.2, -0.15) is 0 Å². The van der Waals surface area contributed by atoms with E-state index < -0.39 is 0 Å². The van der Waals surface area contributed by atoms with Crippen LogP contribution in [-0.4, -0.2) is 49.1 Å². The summed E-state index contributed by atoms with van der Waals surface area (Å²) in [5.41, 5.74) is 1.29. The Kier molecular flexibility index (Phi) is 4.44. The van der Waals surface area contributed by atoms with Crippen molar-refractivity contribution in [2.75, 3.05) is 33.2 Å². The summed E-state index contributed by atoms with van der Waals surface area (Å²) >= 11 is 0. The molecule has 3 heterocycles. The lowest BCUT2D eigenvalue weighted by molar-refractivity contribution is 0.223. The number of likely N-dealkylation sites (tertiary alicyclic amines) is 2. The van der Waals surface area contributed by atoms with E-state index in [-0.39, 0.29) is 0 Å². The third-order valence-corrected chi connectivity index (χ3v) is 4.72. The molecule has 20 heavy (non-hydrogen) atoms. The molecule has 0 radical (unpaired) electrons. The average molecular weight is 277 g/mol. The Balaban J connectivity index is 1.54. The summed E-state index contributed by atoms with van der Waals surface area (Å²) in [6, 6.07) is 3.00. The van der Waals surface area contributed by atoms with Crippen LogP contribution in [0.4, 0.5) is 0 Å². The molecule has 0 amide bonds. The molecule has 2 aliphatic rings. The third-order valence-electron chi connectivity index (χ3n) is 4.72. The summed E-state index contributed by atoms with van der Waals surface area (Å²) in [5, 5.41) is 3.20. The molecule has 3 rings (SSSR count). The molecule has 0 bridgehead atoms. The van der Waals surface area contributed by atoms with E-state index in [1.54, 1.807) is 0 Å². The van der Waals surface area contributed by atoms with Gasteiger partial charge in [0.25, 0.3) is 0 Å². The number of aryl methyl sites for hydroxylation is 1. The molecule has 4 heteroatoms. The molecule has 0 saturated carbocycles. The summed E-state index contributed by atoms with van der Waals surface area (Å²) in [5.74, 6) is 2.18. The monoisotopic (exact) mass is 277 g/mol. The van der Waals surface area contributed by atoms with Gasteiger partial charge in [-0.05, 0) is 52.4 Å². The van der Waals surface area contributed by atoms with E-state index in [1.807, 2.05) is 7.05 Å². The van der Waals surface area contributed by atoms with Crippen LogP contribution in [0.15, 0.2) is 10.5 Å². The van der Waals surface area contributed by atoms with Crippen molar-refractivity contribution in [2.24, 2.45) is 0 Å². The number of hydrogen-bond donors (Lipinski definition) is 1. The van der Waals surface area contributed by atoms with Gasteiger partial charge in [0.1, 0.15) is 11.5 Å². The van der Waals surface area contributed by atoms with Gasteiger partial charge in [0, 0.05) is 31.2 Å². The molecule has 112 valence electrons. The minimum atomic E-state index is 0.783. The van der Waals surface area contributed by atoms with Crippen molar-refractivity contribution in [1.29, 1.82) is 0 Å². The van der Waals surface area contributed by atoms with Gasteiger partial charge in [-0.3, -0.25) is 9.80 Å². The second-order valence-electron chi connectivity index (χ2n) is 6.25. The van der Waals surface area contributed by atoms with Crippen molar-refractivity contribution >= 4 is 0 Å². The maximum Gasteiger partial charge on any atom is 0.118 e. The Morgan fingerprint density at radius 1 is 1.30 bits per heavy atom. The standard InChI is InChI=1S/C16H27N3O/c1-13-14(10-17-2)9-16(20-13)12-18-8-5-15(11-18)19-6-3-4-7-19/h9,15,17H,3-8,10-12H2,1-2H3. The molecule has 0 spiro atoms. The van der Waals surface area contributed by atoms with E-state index in [2.05, 4.69) is 28.1 Å². The molecule has 1 unspecified atom stereocenters. The number of hydrogen-bond acceptors (Lipinski definition) is 4. The molecular weight excluding hydrogens is 250 g/mol. The van der Waals surface area contributed by atoms with Gasteiger partial charge >= 0.3 is 0 Å². The van der Waals surface area contributed by atoms with Crippen molar-refractivity contribution in [1.82, 2.24) is 15.1 Å². The van der Waals surface area contributed by atoms with Crippen LogP contribution in [0.3, 0.4) is 0 Å². The number of rotatable bonds is 5. The average Bonchev–Trinajstić information content (AvgIpc) is 3.12. The molecule has 2 saturated heterocycles. The Morgan fingerprint density at radius 3 is 2.85 bits per heavy atom. The van der Waals surface area contributed by atoms with E-state index in [1.165, 1.54) is 51.0 Å². The summed E-state index contributed by atoms with van der Waals surface area (Å²) in [4.78, 5) is 5.23. The molecule has 0 aliphatic carbocycles. The van der Waals surface area contributed by atoms with Crippen LogP contribution in [-0.2, 0) is 13.1 Å². The summed E-state index contributed by atoms with van der Waals surface area (Å²) in [6.07, 6.45) is 4.10. The first kappa shape index (κ1) is 14.1. The van der Waals surface area contributed by atoms with Crippen LogP contribution < -0.4 is 5.32 Å². The van der Waals surface area contributed by atoms with Crippen LogP contribution in [0.1, 0.15) is 36.3 Å². The normalized spacial score (nSPS) is 24.8. The molecule has 0 aromatic carbocycles. The molecule has 1 atom stereocenters. The first-order valence-corrected chi connectivity index (χ1v) is 7.95. The maximum absolute atomic E-state index is 5.89.